The van der Waals surface area contributed by atoms with E-state index >= 15 is 0 Å². The molecule has 0 spiro atoms. The van der Waals surface area contributed by atoms with Gasteiger partial charge >= 0.3 is 0 Å². The number of ether oxygens (including phenoxy) is 2. The minimum atomic E-state index is 0.491. The van der Waals surface area contributed by atoms with E-state index in [1.54, 1.807) is 13.3 Å². The van der Waals surface area contributed by atoms with Gasteiger partial charge in [0, 0.05) is 18.9 Å². The van der Waals surface area contributed by atoms with Crippen LogP contribution in [0.15, 0.2) is 30.6 Å². The first-order valence-corrected chi connectivity index (χ1v) is 6.22. The summed E-state index contributed by atoms with van der Waals surface area (Å²) in [5, 5.41) is 0. The van der Waals surface area contributed by atoms with Crippen LogP contribution >= 0.6 is 0 Å². The summed E-state index contributed by atoms with van der Waals surface area (Å²) in [6.45, 7) is 3.78. The van der Waals surface area contributed by atoms with Crippen molar-refractivity contribution in [3.8, 4) is 11.5 Å². The maximum atomic E-state index is 5.74. The smallest absolute Gasteiger partial charge is 0.161 e. The van der Waals surface area contributed by atoms with Gasteiger partial charge in [-0.3, -0.25) is 0 Å². The summed E-state index contributed by atoms with van der Waals surface area (Å²) in [7, 11) is 1.63. The number of aromatic nitrogens is 2. The van der Waals surface area contributed by atoms with Crippen molar-refractivity contribution >= 4 is 0 Å². The Kier molecular flexibility index (Phi) is 4.41. The zero-order valence-electron chi connectivity index (χ0n) is 11.3. The third kappa shape index (κ3) is 3.26. The van der Waals surface area contributed by atoms with Crippen molar-refractivity contribution in [1.82, 2.24) is 9.55 Å². The SMILES string of the molecule is COc1cc(CN)ccc1OCCn1ccnc1C. The van der Waals surface area contributed by atoms with Crippen molar-refractivity contribution in [3.63, 3.8) is 0 Å². The Morgan fingerprint density at radius 3 is 2.79 bits per heavy atom. The second-order valence-electron chi connectivity index (χ2n) is 4.21. The summed E-state index contributed by atoms with van der Waals surface area (Å²) in [6.07, 6.45) is 3.72. The summed E-state index contributed by atoms with van der Waals surface area (Å²) >= 11 is 0. The zero-order valence-corrected chi connectivity index (χ0v) is 11.3. The van der Waals surface area contributed by atoms with E-state index in [4.69, 9.17) is 15.2 Å². The molecule has 0 radical (unpaired) electrons. The number of methoxy groups -OCH3 is 1. The fraction of sp³-hybridized carbons (Fsp3) is 0.357. The molecule has 0 unspecified atom stereocenters. The van der Waals surface area contributed by atoms with Gasteiger partial charge in [0.05, 0.1) is 13.7 Å². The van der Waals surface area contributed by atoms with Crippen molar-refractivity contribution in [3.05, 3.63) is 42.0 Å². The Balaban J connectivity index is 1.97. The molecule has 2 rings (SSSR count). The highest BCUT2D eigenvalue weighted by Crippen LogP contribution is 2.27. The van der Waals surface area contributed by atoms with Gasteiger partial charge in [-0.25, -0.2) is 4.98 Å². The lowest BCUT2D eigenvalue weighted by molar-refractivity contribution is 0.278. The highest BCUT2D eigenvalue weighted by molar-refractivity contribution is 5.42. The Bertz CT molecular complexity index is 537. The maximum absolute atomic E-state index is 5.74. The van der Waals surface area contributed by atoms with E-state index in [0.29, 0.717) is 18.9 Å². The van der Waals surface area contributed by atoms with Crippen LogP contribution in [0.2, 0.25) is 0 Å². The van der Waals surface area contributed by atoms with Crippen LogP contribution in [-0.2, 0) is 13.1 Å². The summed E-state index contributed by atoms with van der Waals surface area (Å²) < 4.78 is 13.1. The normalized spacial score (nSPS) is 10.5. The van der Waals surface area contributed by atoms with Crippen molar-refractivity contribution in [1.29, 1.82) is 0 Å². The van der Waals surface area contributed by atoms with Crippen LogP contribution in [-0.4, -0.2) is 23.3 Å². The summed E-state index contributed by atoms with van der Waals surface area (Å²) in [5.41, 5.74) is 6.62. The molecular weight excluding hydrogens is 242 g/mol. The number of imidazole rings is 1. The Hall–Kier alpha value is -2.01. The molecule has 0 amide bonds. The molecule has 1 aromatic heterocycles. The zero-order chi connectivity index (χ0) is 13.7. The number of aryl methyl sites for hydroxylation is 1. The molecule has 0 fully saturated rings. The van der Waals surface area contributed by atoms with Gasteiger partial charge in [0.15, 0.2) is 11.5 Å². The van der Waals surface area contributed by atoms with E-state index in [2.05, 4.69) is 4.98 Å². The van der Waals surface area contributed by atoms with E-state index in [9.17, 15) is 0 Å². The van der Waals surface area contributed by atoms with E-state index in [-0.39, 0.29) is 0 Å². The number of hydrogen-bond donors (Lipinski definition) is 1. The van der Waals surface area contributed by atoms with Crippen LogP contribution in [0.5, 0.6) is 11.5 Å². The molecule has 0 aliphatic carbocycles. The van der Waals surface area contributed by atoms with Gasteiger partial charge in [-0.05, 0) is 24.6 Å². The van der Waals surface area contributed by atoms with Crippen molar-refractivity contribution < 1.29 is 9.47 Å². The van der Waals surface area contributed by atoms with Crippen LogP contribution < -0.4 is 15.2 Å². The van der Waals surface area contributed by atoms with Gasteiger partial charge in [-0.15, -0.1) is 0 Å². The lowest BCUT2D eigenvalue weighted by Gasteiger charge is -2.12. The van der Waals surface area contributed by atoms with Crippen molar-refractivity contribution in [2.45, 2.75) is 20.0 Å². The molecule has 1 aromatic carbocycles. The van der Waals surface area contributed by atoms with Gasteiger partial charge in [0.1, 0.15) is 12.4 Å². The number of hydrogen-bond acceptors (Lipinski definition) is 4. The van der Waals surface area contributed by atoms with Crippen LogP contribution in [0, 0.1) is 6.92 Å². The Morgan fingerprint density at radius 2 is 2.16 bits per heavy atom. The van der Waals surface area contributed by atoms with Gasteiger partial charge in [0.2, 0.25) is 0 Å². The van der Waals surface area contributed by atoms with Crippen LogP contribution in [0.4, 0.5) is 0 Å². The summed E-state index contributed by atoms with van der Waals surface area (Å²) in [5.74, 6) is 2.43. The average Bonchev–Trinajstić information content (AvgIpc) is 2.84. The van der Waals surface area contributed by atoms with Crippen molar-refractivity contribution in [2.24, 2.45) is 5.73 Å². The highest BCUT2D eigenvalue weighted by atomic mass is 16.5. The van der Waals surface area contributed by atoms with Crippen molar-refractivity contribution in [2.75, 3.05) is 13.7 Å². The molecular formula is C14H19N3O2. The molecule has 102 valence electrons. The third-order valence-corrected chi connectivity index (χ3v) is 2.98. The highest BCUT2D eigenvalue weighted by Gasteiger charge is 2.05. The van der Waals surface area contributed by atoms with Gasteiger partial charge in [0.25, 0.3) is 0 Å². The minimum absolute atomic E-state index is 0.491. The van der Waals surface area contributed by atoms with E-state index in [1.807, 2.05) is 35.9 Å². The number of nitrogens with zero attached hydrogens (tertiary/aromatic N) is 2. The first kappa shape index (κ1) is 13.4. The molecule has 2 aromatic rings. The van der Waals surface area contributed by atoms with Gasteiger partial charge < -0.3 is 19.8 Å². The van der Waals surface area contributed by atoms with E-state index in [0.717, 1.165) is 23.7 Å². The predicted octanol–water partition coefficient (Wildman–Crippen LogP) is 1.74. The number of rotatable bonds is 6. The van der Waals surface area contributed by atoms with E-state index in [1.165, 1.54) is 0 Å². The van der Waals surface area contributed by atoms with Crippen LogP contribution in [0.3, 0.4) is 0 Å². The fourth-order valence-corrected chi connectivity index (χ4v) is 1.85. The lowest BCUT2D eigenvalue weighted by atomic mass is 10.2. The monoisotopic (exact) mass is 261 g/mol. The molecule has 5 nitrogen and oxygen atoms in total. The van der Waals surface area contributed by atoms with Crippen LogP contribution in [0.1, 0.15) is 11.4 Å². The maximum Gasteiger partial charge on any atom is 0.161 e. The number of nitrogens with two attached hydrogens (primary N) is 1. The first-order valence-electron chi connectivity index (χ1n) is 6.22. The number of benzene rings is 1. The molecule has 0 aliphatic heterocycles. The lowest BCUT2D eigenvalue weighted by Crippen LogP contribution is -2.09. The molecule has 0 saturated heterocycles. The molecule has 0 aliphatic rings. The minimum Gasteiger partial charge on any atom is -0.493 e. The first-order chi connectivity index (χ1) is 9.24. The molecule has 0 bridgehead atoms. The van der Waals surface area contributed by atoms with Gasteiger partial charge in [-0.1, -0.05) is 6.07 Å². The molecule has 0 atom stereocenters. The van der Waals surface area contributed by atoms with Gasteiger partial charge in [-0.2, -0.15) is 0 Å². The largest absolute Gasteiger partial charge is 0.493 e. The molecule has 2 N–H and O–H groups in total. The molecule has 19 heavy (non-hydrogen) atoms. The molecule has 0 saturated carbocycles. The van der Waals surface area contributed by atoms with Crippen LogP contribution in [0.25, 0.3) is 0 Å². The quantitative estimate of drug-likeness (QED) is 0.860. The summed E-state index contributed by atoms with van der Waals surface area (Å²) in [6, 6.07) is 5.74. The Labute approximate surface area is 113 Å². The second kappa shape index (κ2) is 6.24. The molecule has 1 heterocycles. The second-order valence-corrected chi connectivity index (χ2v) is 4.21. The predicted molar refractivity (Wildman–Crippen MR) is 73.3 cm³/mol. The summed E-state index contributed by atoms with van der Waals surface area (Å²) in [4.78, 5) is 4.17. The topological polar surface area (TPSA) is 62.3 Å². The standard InChI is InChI=1S/C14H19N3O2/c1-11-16-5-6-17(11)7-8-19-13-4-3-12(10-15)9-14(13)18-2/h3-6,9H,7-8,10,15H2,1-2H3. The molecule has 5 heteroatoms. The Morgan fingerprint density at radius 1 is 1.32 bits per heavy atom. The third-order valence-electron chi connectivity index (χ3n) is 2.98. The fourth-order valence-electron chi connectivity index (χ4n) is 1.85. The average molecular weight is 261 g/mol. The van der Waals surface area contributed by atoms with E-state index < -0.39 is 0 Å².